The summed E-state index contributed by atoms with van der Waals surface area (Å²) in [5.41, 5.74) is 0.355. The highest BCUT2D eigenvalue weighted by molar-refractivity contribution is 6.30. The van der Waals surface area contributed by atoms with Crippen molar-refractivity contribution >= 4 is 11.6 Å². The molecule has 1 aliphatic rings. The highest BCUT2D eigenvalue weighted by Crippen LogP contribution is 2.29. The summed E-state index contributed by atoms with van der Waals surface area (Å²) in [5, 5.41) is 13.7. The molecule has 0 bridgehead atoms. The number of aliphatic hydroxyl groups excluding tert-OH is 1. The zero-order valence-electron chi connectivity index (χ0n) is 10.8. The lowest BCUT2D eigenvalue weighted by molar-refractivity contribution is 0.0880. The van der Waals surface area contributed by atoms with Crippen LogP contribution in [-0.4, -0.2) is 33.9 Å². The van der Waals surface area contributed by atoms with Crippen LogP contribution in [0.2, 0.25) is 5.02 Å². The van der Waals surface area contributed by atoms with Gasteiger partial charge < -0.3 is 15.0 Å². The van der Waals surface area contributed by atoms with Crippen LogP contribution in [0.5, 0.6) is 0 Å². The fourth-order valence-electron chi connectivity index (χ4n) is 2.61. The Labute approximate surface area is 121 Å². The van der Waals surface area contributed by atoms with Crippen LogP contribution in [0.4, 0.5) is 4.39 Å². The fraction of sp³-hybridized carbons (Fsp3) is 0.357. The maximum absolute atomic E-state index is 14.0. The van der Waals surface area contributed by atoms with Crippen molar-refractivity contribution < 1.29 is 9.50 Å². The van der Waals surface area contributed by atoms with Crippen LogP contribution in [0.15, 0.2) is 30.6 Å². The van der Waals surface area contributed by atoms with Gasteiger partial charge in [0.2, 0.25) is 0 Å². The summed E-state index contributed by atoms with van der Waals surface area (Å²) < 4.78 is 15.8. The maximum Gasteiger partial charge on any atom is 0.143 e. The summed E-state index contributed by atoms with van der Waals surface area (Å²) in [5.74, 6) is 0.126. The van der Waals surface area contributed by atoms with Crippen molar-refractivity contribution in [2.75, 3.05) is 13.1 Å². The van der Waals surface area contributed by atoms with Gasteiger partial charge in [0.15, 0.2) is 0 Å². The highest BCUT2D eigenvalue weighted by Gasteiger charge is 2.27. The Morgan fingerprint density at radius 3 is 3.10 bits per heavy atom. The van der Waals surface area contributed by atoms with Gasteiger partial charge in [-0.15, -0.1) is 0 Å². The number of nitrogens with zero attached hydrogens (tertiary/aromatic N) is 2. The number of nitrogens with one attached hydrogen (secondary N) is 1. The molecule has 2 heterocycles. The summed E-state index contributed by atoms with van der Waals surface area (Å²) in [6, 6.07) is 4.29. The molecule has 6 heteroatoms. The second-order valence-corrected chi connectivity index (χ2v) is 5.35. The number of hydrogen-bond acceptors (Lipinski definition) is 3. The van der Waals surface area contributed by atoms with E-state index < -0.39 is 6.10 Å². The molecule has 1 saturated heterocycles. The van der Waals surface area contributed by atoms with Crippen LogP contribution in [0, 0.1) is 5.82 Å². The smallest absolute Gasteiger partial charge is 0.143 e. The van der Waals surface area contributed by atoms with Gasteiger partial charge in [0.1, 0.15) is 11.6 Å². The molecular formula is C14H15ClFN3O. The number of β-amino-alcohol motifs (C(OH)–C–C–N with tert-alkyl or cyclic N) is 1. The van der Waals surface area contributed by atoms with E-state index in [-0.39, 0.29) is 11.9 Å². The van der Waals surface area contributed by atoms with Crippen molar-refractivity contribution in [2.24, 2.45) is 0 Å². The van der Waals surface area contributed by atoms with Crippen molar-refractivity contribution in [2.45, 2.75) is 18.6 Å². The zero-order chi connectivity index (χ0) is 14.1. The molecule has 2 N–H and O–H groups in total. The minimum absolute atomic E-state index is 0.105. The van der Waals surface area contributed by atoms with Gasteiger partial charge >= 0.3 is 0 Å². The number of halogens is 2. The Balaban J connectivity index is 2.03. The van der Waals surface area contributed by atoms with E-state index in [1.165, 1.54) is 12.1 Å². The monoisotopic (exact) mass is 295 g/mol. The topological polar surface area (TPSA) is 50.1 Å². The van der Waals surface area contributed by atoms with E-state index in [4.69, 9.17) is 11.6 Å². The molecule has 2 aromatic rings. The minimum atomic E-state index is -0.515. The van der Waals surface area contributed by atoms with Crippen LogP contribution in [0.25, 0.3) is 11.4 Å². The van der Waals surface area contributed by atoms with Gasteiger partial charge in [-0.3, -0.25) is 0 Å². The van der Waals surface area contributed by atoms with Crippen molar-refractivity contribution in [3.05, 3.63) is 41.4 Å². The molecule has 0 spiro atoms. The second-order valence-electron chi connectivity index (χ2n) is 4.91. The lowest BCUT2D eigenvalue weighted by Gasteiger charge is -2.30. The molecule has 2 atom stereocenters. The van der Waals surface area contributed by atoms with Gasteiger partial charge in [-0.05, 0) is 31.2 Å². The molecule has 0 unspecified atom stereocenters. The number of benzene rings is 1. The summed E-state index contributed by atoms with van der Waals surface area (Å²) in [7, 11) is 0. The predicted octanol–water partition coefficient (Wildman–Crippen LogP) is 2.24. The molecule has 3 rings (SSSR count). The van der Waals surface area contributed by atoms with E-state index in [9.17, 15) is 9.50 Å². The van der Waals surface area contributed by atoms with Crippen LogP contribution in [0.3, 0.4) is 0 Å². The zero-order valence-corrected chi connectivity index (χ0v) is 11.5. The first kappa shape index (κ1) is 13.5. The molecule has 20 heavy (non-hydrogen) atoms. The SMILES string of the molecule is O[C@H]1CNCC[C@@H]1n1ccnc1-c1cc(Cl)ccc1F. The summed E-state index contributed by atoms with van der Waals surface area (Å²) in [6.07, 6.45) is 3.64. The lowest BCUT2D eigenvalue weighted by atomic mass is 10.0. The van der Waals surface area contributed by atoms with E-state index in [1.807, 2.05) is 4.57 Å². The molecule has 1 aromatic carbocycles. The predicted molar refractivity (Wildman–Crippen MR) is 75.2 cm³/mol. The van der Waals surface area contributed by atoms with Gasteiger partial charge in [-0.1, -0.05) is 11.6 Å². The third-order valence-electron chi connectivity index (χ3n) is 3.61. The number of imidazole rings is 1. The largest absolute Gasteiger partial charge is 0.390 e. The Kier molecular flexibility index (Phi) is 3.74. The van der Waals surface area contributed by atoms with E-state index in [2.05, 4.69) is 10.3 Å². The van der Waals surface area contributed by atoms with Crippen LogP contribution in [-0.2, 0) is 0 Å². The molecular weight excluding hydrogens is 281 g/mol. The Hall–Kier alpha value is -1.43. The molecule has 0 amide bonds. The third kappa shape index (κ3) is 2.44. The van der Waals surface area contributed by atoms with Crippen molar-refractivity contribution in [1.82, 2.24) is 14.9 Å². The van der Waals surface area contributed by atoms with E-state index in [0.717, 1.165) is 13.0 Å². The third-order valence-corrected chi connectivity index (χ3v) is 3.84. The Morgan fingerprint density at radius 2 is 2.30 bits per heavy atom. The number of piperidine rings is 1. The summed E-state index contributed by atoms with van der Waals surface area (Å²) in [4.78, 5) is 4.23. The lowest BCUT2D eigenvalue weighted by Crippen LogP contribution is -2.41. The molecule has 1 aromatic heterocycles. The molecule has 4 nitrogen and oxygen atoms in total. The molecule has 0 radical (unpaired) electrons. The standard InChI is InChI=1S/C14H15ClFN3O/c15-9-1-2-11(16)10(7-9)14-18-5-6-19(14)12-3-4-17-8-13(12)20/h1-2,5-7,12-13,17,20H,3-4,8H2/t12-,13-/m0/s1. The first-order valence-corrected chi connectivity index (χ1v) is 6.91. The van der Waals surface area contributed by atoms with Gasteiger partial charge in [0.05, 0.1) is 17.7 Å². The van der Waals surface area contributed by atoms with Crippen molar-refractivity contribution in [1.29, 1.82) is 0 Å². The summed E-state index contributed by atoms with van der Waals surface area (Å²) >= 11 is 5.94. The van der Waals surface area contributed by atoms with Crippen LogP contribution < -0.4 is 5.32 Å². The average Bonchev–Trinajstić information content (AvgIpc) is 2.91. The number of rotatable bonds is 2. The van der Waals surface area contributed by atoms with Gasteiger partial charge in [0.25, 0.3) is 0 Å². The van der Waals surface area contributed by atoms with Crippen LogP contribution >= 0.6 is 11.6 Å². The maximum atomic E-state index is 14.0. The first-order chi connectivity index (χ1) is 9.66. The molecule has 106 valence electrons. The molecule has 0 saturated carbocycles. The van der Waals surface area contributed by atoms with Gasteiger partial charge in [-0.25, -0.2) is 9.37 Å². The number of aromatic nitrogens is 2. The normalized spacial score (nSPS) is 22.9. The molecule has 0 aliphatic carbocycles. The van der Waals surface area contributed by atoms with Gasteiger partial charge in [-0.2, -0.15) is 0 Å². The Morgan fingerprint density at radius 1 is 1.45 bits per heavy atom. The number of hydrogen-bond donors (Lipinski definition) is 2. The fourth-order valence-corrected chi connectivity index (χ4v) is 2.78. The average molecular weight is 296 g/mol. The minimum Gasteiger partial charge on any atom is -0.390 e. The molecule has 1 fully saturated rings. The first-order valence-electron chi connectivity index (χ1n) is 6.54. The van der Waals surface area contributed by atoms with E-state index in [0.29, 0.717) is 23.0 Å². The quantitative estimate of drug-likeness (QED) is 0.893. The van der Waals surface area contributed by atoms with E-state index in [1.54, 1.807) is 18.5 Å². The second kappa shape index (κ2) is 5.52. The van der Waals surface area contributed by atoms with Crippen molar-refractivity contribution in [3.63, 3.8) is 0 Å². The Bertz CT molecular complexity index is 616. The van der Waals surface area contributed by atoms with E-state index >= 15 is 0 Å². The summed E-state index contributed by atoms with van der Waals surface area (Å²) in [6.45, 7) is 1.34. The molecule has 1 aliphatic heterocycles. The highest BCUT2D eigenvalue weighted by atomic mass is 35.5. The number of aliphatic hydroxyl groups is 1. The van der Waals surface area contributed by atoms with Crippen molar-refractivity contribution in [3.8, 4) is 11.4 Å². The van der Waals surface area contributed by atoms with Gasteiger partial charge in [0, 0.05) is 24.0 Å². The van der Waals surface area contributed by atoms with Crippen LogP contribution in [0.1, 0.15) is 12.5 Å².